The van der Waals surface area contributed by atoms with Crippen LogP contribution in [0, 0.1) is 23.3 Å². The molecule has 0 radical (unpaired) electrons. The fourth-order valence-corrected chi connectivity index (χ4v) is 2.89. The number of carbonyl (C=O) groups is 1. The number of thiophene rings is 1. The fourth-order valence-electron chi connectivity index (χ4n) is 2.10. The topological polar surface area (TPSA) is 38.3 Å². The number of hydrogen-bond acceptors (Lipinski definition) is 3. The summed E-state index contributed by atoms with van der Waals surface area (Å²) in [5.41, 5.74) is 0.304. The number of benzene rings is 2. The lowest BCUT2D eigenvalue weighted by Crippen LogP contribution is -2.11. The third-order valence-corrected chi connectivity index (χ3v) is 4.32. The zero-order valence-corrected chi connectivity index (χ0v) is 13.9. The molecule has 8 heteroatoms. The van der Waals surface area contributed by atoms with Gasteiger partial charge < -0.3 is 10.1 Å². The zero-order valence-electron chi connectivity index (χ0n) is 13.1. The van der Waals surface area contributed by atoms with Crippen LogP contribution in [-0.2, 0) is 6.61 Å². The molecule has 0 fully saturated rings. The monoisotopic (exact) mass is 381 g/mol. The maximum atomic E-state index is 13.6. The van der Waals surface area contributed by atoms with E-state index in [2.05, 4.69) is 5.32 Å². The molecule has 26 heavy (non-hydrogen) atoms. The fraction of sp³-hybridized carbons (Fsp3) is 0.0556. The summed E-state index contributed by atoms with van der Waals surface area (Å²) in [4.78, 5) is 12.4. The highest BCUT2D eigenvalue weighted by atomic mass is 32.1. The Kier molecular flexibility index (Phi) is 5.22. The van der Waals surface area contributed by atoms with Crippen LogP contribution in [-0.4, -0.2) is 5.91 Å². The average Bonchev–Trinajstić information content (AvgIpc) is 3.06. The molecule has 0 unspecified atom stereocenters. The summed E-state index contributed by atoms with van der Waals surface area (Å²) >= 11 is 1.07. The first-order valence-electron chi connectivity index (χ1n) is 7.34. The minimum atomic E-state index is -0.834. The third kappa shape index (κ3) is 4.20. The number of hydrogen-bond donors (Lipinski definition) is 1. The number of carbonyl (C=O) groups excluding carboxylic acids is 1. The standard InChI is InChI=1S/C18H11F4NO2S/c19-11-2-4-16(14(22)6-11)25-8-10-5-17(26-9-10)18(24)23-15-7-12(20)1-3-13(15)21/h1-7,9H,8H2,(H,23,24). The van der Waals surface area contributed by atoms with Crippen LogP contribution < -0.4 is 10.1 Å². The van der Waals surface area contributed by atoms with Crippen LogP contribution in [0.2, 0.25) is 0 Å². The molecule has 0 saturated heterocycles. The Morgan fingerprint density at radius 1 is 0.962 bits per heavy atom. The van der Waals surface area contributed by atoms with E-state index in [-0.39, 0.29) is 22.9 Å². The minimum absolute atomic E-state index is 0.0410. The predicted molar refractivity (Wildman–Crippen MR) is 89.3 cm³/mol. The second-order valence-electron chi connectivity index (χ2n) is 5.26. The number of halogens is 4. The molecule has 1 amide bonds. The van der Waals surface area contributed by atoms with Gasteiger partial charge in [-0.05, 0) is 35.7 Å². The van der Waals surface area contributed by atoms with E-state index in [0.717, 1.165) is 41.7 Å². The molecule has 0 aliphatic carbocycles. The predicted octanol–water partition coefficient (Wildman–Crippen LogP) is 5.14. The van der Waals surface area contributed by atoms with Gasteiger partial charge in [0, 0.05) is 17.7 Å². The second-order valence-corrected chi connectivity index (χ2v) is 6.17. The summed E-state index contributed by atoms with van der Waals surface area (Å²) in [7, 11) is 0. The van der Waals surface area contributed by atoms with E-state index >= 15 is 0 Å². The van der Waals surface area contributed by atoms with E-state index < -0.39 is 29.2 Å². The van der Waals surface area contributed by atoms with E-state index in [4.69, 9.17) is 4.74 Å². The highest BCUT2D eigenvalue weighted by molar-refractivity contribution is 7.12. The molecule has 0 spiro atoms. The molecule has 0 aliphatic heterocycles. The summed E-state index contributed by atoms with van der Waals surface area (Å²) in [6.45, 7) is -0.0410. The minimum Gasteiger partial charge on any atom is -0.486 e. The van der Waals surface area contributed by atoms with Crippen molar-refractivity contribution < 1.29 is 27.1 Å². The molecule has 1 N–H and O–H groups in total. The lowest BCUT2D eigenvalue weighted by atomic mass is 10.2. The van der Waals surface area contributed by atoms with Crippen LogP contribution in [0.1, 0.15) is 15.2 Å². The molecule has 0 bridgehead atoms. The SMILES string of the molecule is O=C(Nc1cc(F)ccc1F)c1cc(COc2ccc(F)cc2F)cs1. The molecule has 3 aromatic rings. The second kappa shape index (κ2) is 7.57. The van der Waals surface area contributed by atoms with Gasteiger partial charge in [-0.2, -0.15) is 0 Å². The molecule has 2 aromatic carbocycles. The van der Waals surface area contributed by atoms with Crippen molar-refractivity contribution in [2.24, 2.45) is 0 Å². The van der Waals surface area contributed by atoms with Gasteiger partial charge >= 0.3 is 0 Å². The maximum absolute atomic E-state index is 13.6. The van der Waals surface area contributed by atoms with Gasteiger partial charge in [0.15, 0.2) is 11.6 Å². The number of ether oxygens (including phenoxy) is 1. The van der Waals surface area contributed by atoms with E-state index in [1.165, 1.54) is 6.07 Å². The van der Waals surface area contributed by atoms with Crippen molar-refractivity contribution in [3.63, 3.8) is 0 Å². The van der Waals surface area contributed by atoms with E-state index in [0.29, 0.717) is 11.6 Å². The lowest BCUT2D eigenvalue weighted by molar-refractivity contribution is 0.103. The Labute approximate surface area is 149 Å². The van der Waals surface area contributed by atoms with Crippen molar-refractivity contribution in [2.45, 2.75) is 6.61 Å². The van der Waals surface area contributed by atoms with Crippen molar-refractivity contribution in [3.05, 3.63) is 81.6 Å². The van der Waals surface area contributed by atoms with Gasteiger partial charge in [-0.1, -0.05) is 0 Å². The summed E-state index contributed by atoms with van der Waals surface area (Å²) in [6, 6.07) is 7.15. The van der Waals surface area contributed by atoms with Crippen molar-refractivity contribution in [1.29, 1.82) is 0 Å². The Morgan fingerprint density at radius 2 is 1.69 bits per heavy atom. The molecule has 0 atom stereocenters. The van der Waals surface area contributed by atoms with Gasteiger partial charge in [0.1, 0.15) is 24.1 Å². The van der Waals surface area contributed by atoms with Gasteiger partial charge in [-0.25, -0.2) is 17.6 Å². The van der Waals surface area contributed by atoms with Gasteiger partial charge in [0.2, 0.25) is 0 Å². The van der Waals surface area contributed by atoms with Crippen LogP contribution in [0.4, 0.5) is 23.2 Å². The average molecular weight is 381 g/mol. The zero-order chi connectivity index (χ0) is 18.7. The molecular formula is C18H11F4NO2S. The number of anilines is 1. The molecule has 3 rings (SSSR count). The molecule has 0 saturated carbocycles. The van der Waals surface area contributed by atoms with Crippen molar-refractivity contribution >= 4 is 22.9 Å². The summed E-state index contributed by atoms with van der Waals surface area (Å²) in [5.74, 6) is -3.72. The first-order chi connectivity index (χ1) is 12.4. The molecule has 1 heterocycles. The van der Waals surface area contributed by atoms with Crippen LogP contribution in [0.25, 0.3) is 0 Å². The van der Waals surface area contributed by atoms with Crippen LogP contribution >= 0.6 is 11.3 Å². The molecule has 0 aliphatic rings. The van der Waals surface area contributed by atoms with Crippen LogP contribution in [0.15, 0.2) is 47.8 Å². The van der Waals surface area contributed by atoms with Gasteiger partial charge in [-0.3, -0.25) is 4.79 Å². The normalized spacial score (nSPS) is 10.6. The van der Waals surface area contributed by atoms with E-state index in [9.17, 15) is 22.4 Å². The highest BCUT2D eigenvalue weighted by Gasteiger charge is 2.13. The molecule has 134 valence electrons. The summed E-state index contributed by atoms with van der Waals surface area (Å²) in [5, 5.41) is 3.89. The maximum Gasteiger partial charge on any atom is 0.265 e. The first-order valence-corrected chi connectivity index (χ1v) is 8.22. The number of amides is 1. The lowest BCUT2D eigenvalue weighted by Gasteiger charge is -2.06. The largest absolute Gasteiger partial charge is 0.486 e. The van der Waals surface area contributed by atoms with Crippen LogP contribution in [0.5, 0.6) is 5.75 Å². The van der Waals surface area contributed by atoms with E-state index in [1.54, 1.807) is 5.38 Å². The van der Waals surface area contributed by atoms with E-state index in [1.807, 2.05) is 0 Å². The molecule has 3 nitrogen and oxygen atoms in total. The van der Waals surface area contributed by atoms with Crippen molar-refractivity contribution in [3.8, 4) is 5.75 Å². The van der Waals surface area contributed by atoms with Crippen LogP contribution in [0.3, 0.4) is 0 Å². The quantitative estimate of drug-likeness (QED) is 0.622. The number of rotatable bonds is 5. The Balaban J connectivity index is 1.65. The third-order valence-electron chi connectivity index (χ3n) is 3.34. The number of nitrogens with one attached hydrogen (secondary N) is 1. The first kappa shape index (κ1) is 17.9. The Morgan fingerprint density at radius 3 is 2.46 bits per heavy atom. The highest BCUT2D eigenvalue weighted by Crippen LogP contribution is 2.22. The van der Waals surface area contributed by atoms with Crippen molar-refractivity contribution in [2.75, 3.05) is 5.32 Å². The van der Waals surface area contributed by atoms with Gasteiger partial charge in [-0.15, -0.1) is 11.3 Å². The Bertz CT molecular complexity index is 958. The summed E-state index contributed by atoms with van der Waals surface area (Å²) < 4.78 is 58.3. The smallest absolute Gasteiger partial charge is 0.265 e. The molecular weight excluding hydrogens is 370 g/mol. The van der Waals surface area contributed by atoms with Gasteiger partial charge in [0.05, 0.1) is 10.6 Å². The summed E-state index contributed by atoms with van der Waals surface area (Å²) in [6.07, 6.45) is 0. The van der Waals surface area contributed by atoms with Crippen molar-refractivity contribution in [1.82, 2.24) is 0 Å². The Hall–Kier alpha value is -2.87. The van der Waals surface area contributed by atoms with Gasteiger partial charge in [0.25, 0.3) is 5.91 Å². The molecule has 1 aromatic heterocycles.